The molecule has 9 amide bonds. The van der Waals surface area contributed by atoms with Crippen molar-refractivity contribution in [2.75, 3.05) is 20.2 Å². The van der Waals surface area contributed by atoms with Crippen molar-refractivity contribution in [3.63, 3.8) is 0 Å². The number of carbonyl (C=O) groups is 9. The Morgan fingerprint density at radius 2 is 1.10 bits per heavy atom. The molecule has 0 unspecified atom stereocenters. The number of benzene rings is 4. The van der Waals surface area contributed by atoms with Gasteiger partial charge in [-0.3, -0.25) is 58.1 Å². The zero-order valence-corrected chi connectivity index (χ0v) is 53.0. The lowest BCUT2D eigenvalue weighted by Crippen LogP contribution is -2.61. The Kier molecular flexibility index (Phi) is 26.8. The Bertz CT molecular complexity index is 3650. The van der Waals surface area contributed by atoms with Crippen molar-refractivity contribution >= 4 is 75.5 Å². The second-order valence-electron chi connectivity index (χ2n) is 23.0. The summed E-state index contributed by atoms with van der Waals surface area (Å²) in [4.78, 5) is 141. The first-order valence-corrected chi connectivity index (χ1v) is 31.0. The number of aliphatic hydroxyl groups is 1. The summed E-state index contributed by atoms with van der Waals surface area (Å²) in [5.41, 5.74) is 3.16. The number of pyridine rings is 3. The first-order valence-electron chi connectivity index (χ1n) is 30.6. The third-order valence-electron chi connectivity index (χ3n) is 15.3. The lowest BCUT2D eigenvalue weighted by atomic mass is 9.99. The van der Waals surface area contributed by atoms with Gasteiger partial charge in [0.15, 0.2) is 0 Å². The van der Waals surface area contributed by atoms with Gasteiger partial charge >= 0.3 is 0 Å². The van der Waals surface area contributed by atoms with E-state index in [1.807, 2.05) is 56.3 Å². The summed E-state index contributed by atoms with van der Waals surface area (Å²) in [6.07, 6.45) is 7.90. The topological polar surface area (TPSA) is 332 Å². The van der Waals surface area contributed by atoms with Gasteiger partial charge in [-0.2, -0.15) is 0 Å². The molecule has 0 radical (unpaired) electrons. The molecule has 0 bridgehead atoms. The van der Waals surface area contributed by atoms with Crippen molar-refractivity contribution < 1.29 is 53.4 Å². The summed E-state index contributed by atoms with van der Waals surface area (Å²) >= 11 is 6.24. The van der Waals surface area contributed by atoms with Gasteiger partial charge in [0.1, 0.15) is 48.0 Å². The van der Waals surface area contributed by atoms with Crippen molar-refractivity contribution in [1.82, 2.24) is 62.4 Å². The number of fused-ring (bicyclic) bond motifs is 1. The number of nitrogens with one attached hydrogen (secondary N) is 8. The van der Waals surface area contributed by atoms with Gasteiger partial charge in [0.25, 0.3) is 5.91 Å². The standard InChI is InChI=1S/C69H79ClN12O11/c1-43(2)33-56(63(87)75-41-53-17-7-9-31-73-53)78-64(88)55(18-8-10-32-74-62(86)51-16-12-30-72-40-51)77-68(92)61(38-46-22-27-54(85)28-23-46)82(4)69(93)60(42-83)81-67(91)59(37-48-13-11-29-71-39-48)80-66(90)58(35-45-20-25-52(70)26-21-45)79-65(89)57(76-44(3)84)36-47-19-24-49-14-5-6-15-50(49)34-47/h5-7,9,11-17,19-31,34,39-40,43,55-61,83,85H,8,10,18,32-33,35-38,41-42H2,1-4H3,(H,74,86)(H,75,87)(H,76,84)(H,77,92)(H,78,88)(H,79,89)(H,80,90)(H,81,91)/t55-,56+,57-,58-,59-,60+,61+/m1/s1. The molecule has 0 saturated carbocycles. The van der Waals surface area contributed by atoms with Crippen LogP contribution in [0.25, 0.3) is 10.8 Å². The van der Waals surface area contributed by atoms with E-state index >= 15 is 4.79 Å². The van der Waals surface area contributed by atoms with E-state index < -0.39 is 96.2 Å². The maximum Gasteiger partial charge on any atom is 0.252 e. The molecule has 0 saturated heterocycles. The number of aromatic hydroxyl groups is 1. The third kappa shape index (κ3) is 22.3. The fourth-order valence-electron chi connectivity index (χ4n) is 10.3. The maximum absolute atomic E-state index is 15.0. The van der Waals surface area contributed by atoms with E-state index in [9.17, 15) is 48.6 Å². The molecule has 0 aliphatic carbocycles. The van der Waals surface area contributed by atoms with E-state index in [4.69, 9.17) is 11.6 Å². The number of aromatic nitrogens is 3. The summed E-state index contributed by atoms with van der Waals surface area (Å²) in [6, 6.07) is 27.8. The monoisotopic (exact) mass is 1290 g/mol. The molecule has 3 aromatic heterocycles. The minimum Gasteiger partial charge on any atom is -0.508 e. The minimum atomic E-state index is -1.76. The quantitative estimate of drug-likeness (QED) is 0.0256. The normalized spacial score (nSPS) is 13.3. The molecule has 7 atom stereocenters. The molecule has 24 heteroatoms. The lowest BCUT2D eigenvalue weighted by molar-refractivity contribution is -0.144. The van der Waals surface area contributed by atoms with Crippen molar-refractivity contribution in [1.29, 1.82) is 0 Å². The fourth-order valence-corrected chi connectivity index (χ4v) is 10.5. The third-order valence-corrected chi connectivity index (χ3v) is 15.5. The van der Waals surface area contributed by atoms with Crippen LogP contribution in [-0.4, -0.2) is 146 Å². The molecule has 10 N–H and O–H groups in total. The number of phenols is 1. The highest BCUT2D eigenvalue weighted by molar-refractivity contribution is 6.30. The lowest BCUT2D eigenvalue weighted by Gasteiger charge is -2.32. The van der Waals surface area contributed by atoms with Gasteiger partial charge in [-0.05, 0) is 119 Å². The van der Waals surface area contributed by atoms with Crippen molar-refractivity contribution in [2.45, 2.75) is 121 Å². The van der Waals surface area contributed by atoms with E-state index in [0.29, 0.717) is 39.4 Å². The van der Waals surface area contributed by atoms with Gasteiger partial charge in [0.05, 0.1) is 24.4 Å². The Morgan fingerprint density at radius 3 is 1.72 bits per heavy atom. The summed E-state index contributed by atoms with van der Waals surface area (Å²) < 4.78 is 0. The van der Waals surface area contributed by atoms with Crippen LogP contribution >= 0.6 is 11.6 Å². The number of unbranched alkanes of at least 4 members (excludes halogenated alkanes) is 1. The maximum atomic E-state index is 15.0. The van der Waals surface area contributed by atoms with Crippen LogP contribution < -0.4 is 42.5 Å². The molecule has 93 heavy (non-hydrogen) atoms. The highest BCUT2D eigenvalue weighted by atomic mass is 35.5. The van der Waals surface area contributed by atoms with Crippen LogP contribution in [0.2, 0.25) is 5.02 Å². The summed E-state index contributed by atoms with van der Waals surface area (Å²) in [5, 5.41) is 45.6. The van der Waals surface area contributed by atoms with Gasteiger partial charge < -0.3 is 57.6 Å². The SMILES string of the molecule is CC(=O)N[C@H](Cc1ccc2ccccc2c1)C(=O)N[C@H](Cc1ccc(Cl)cc1)C(=O)N[C@H](Cc1cccnc1)C(=O)N[C@@H](CO)C(=O)N(C)[C@@H](Cc1ccc(O)cc1)C(=O)N[C@H](CCCCNC(=O)c1cccnc1)C(=O)N[C@@H](CC(C)C)C(=O)NCc1ccccn1. The highest BCUT2D eigenvalue weighted by Gasteiger charge is 2.37. The van der Waals surface area contributed by atoms with Crippen LogP contribution in [0.4, 0.5) is 0 Å². The zero-order valence-electron chi connectivity index (χ0n) is 52.2. The molecule has 0 spiro atoms. The van der Waals surface area contributed by atoms with Gasteiger partial charge in [-0.25, -0.2) is 0 Å². The molecule has 23 nitrogen and oxygen atoms in total. The summed E-state index contributed by atoms with van der Waals surface area (Å²) in [7, 11) is 1.28. The second-order valence-corrected chi connectivity index (χ2v) is 23.5. The average Bonchev–Trinajstić information content (AvgIpc) is 0.950. The van der Waals surface area contributed by atoms with Crippen LogP contribution in [-0.2, 0) is 70.6 Å². The van der Waals surface area contributed by atoms with Gasteiger partial charge in [0, 0.05) is 82.2 Å². The molecule has 4 aromatic carbocycles. The highest BCUT2D eigenvalue weighted by Crippen LogP contribution is 2.20. The smallest absolute Gasteiger partial charge is 0.252 e. The number of carbonyl (C=O) groups excluding carboxylic acids is 9. The number of aliphatic hydroxyl groups excluding tert-OH is 1. The van der Waals surface area contributed by atoms with Crippen LogP contribution in [0.5, 0.6) is 5.75 Å². The molecule has 0 aliphatic rings. The Morgan fingerprint density at radius 1 is 0.527 bits per heavy atom. The number of nitrogens with zero attached hydrogens (tertiary/aromatic N) is 4. The van der Waals surface area contributed by atoms with Crippen LogP contribution in [0, 0.1) is 5.92 Å². The fraction of sp³-hybridized carbons (Fsp3) is 0.333. The number of likely N-dealkylation sites (N-methyl/N-ethyl adjacent to an activating group) is 1. The number of halogens is 1. The van der Waals surface area contributed by atoms with E-state index in [1.165, 1.54) is 63.0 Å². The van der Waals surface area contributed by atoms with Gasteiger partial charge in [-0.15, -0.1) is 0 Å². The van der Waals surface area contributed by atoms with E-state index in [0.717, 1.165) is 21.2 Å². The number of phenolic OH excluding ortho intramolecular Hbond substituents is 1. The Labute approximate surface area is 544 Å². The van der Waals surface area contributed by atoms with Crippen LogP contribution in [0.3, 0.4) is 0 Å². The first-order chi connectivity index (χ1) is 44.7. The zero-order chi connectivity index (χ0) is 66.8. The summed E-state index contributed by atoms with van der Waals surface area (Å²) in [5.74, 6) is -6.54. The van der Waals surface area contributed by atoms with Crippen LogP contribution in [0.15, 0.2) is 164 Å². The van der Waals surface area contributed by atoms with Crippen molar-refractivity contribution in [3.8, 4) is 5.75 Å². The minimum absolute atomic E-state index is 0.00130. The number of rotatable bonds is 33. The molecule has 0 fully saturated rings. The second kappa shape index (κ2) is 35.5. The van der Waals surface area contributed by atoms with Crippen LogP contribution in [0.1, 0.15) is 84.8 Å². The van der Waals surface area contributed by atoms with Crippen molar-refractivity contribution in [3.05, 3.63) is 203 Å². The predicted octanol–water partition coefficient (Wildman–Crippen LogP) is 4.37. The van der Waals surface area contributed by atoms with Gasteiger partial charge in [0.2, 0.25) is 47.3 Å². The van der Waals surface area contributed by atoms with E-state index in [2.05, 4.69) is 57.5 Å². The first kappa shape index (κ1) is 70.3. The molecule has 0 aliphatic heterocycles. The predicted molar refractivity (Wildman–Crippen MR) is 349 cm³/mol. The number of amides is 9. The molecule has 7 rings (SSSR count). The number of hydrogen-bond donors (Lipinski definition) is 10. The van der Waals surface area contributed by atoms with Crippen molar-refractivity contribution in [2.24, 2.45) is 5.92 Å². The average molecular weight is 1290 g/mol. The number of hydrogen-bond acceptors (Lipinski definition) is 14. The molecule has 7 aromatic rings. The van der Waals surface area contributed by atoms with E-state index in [-0.39, 0.29) is 75.6 Å². The molecule has 488 valence electrons. The molecule has 3 heterocycles. The summed E-state index contributed by atoms with van der Waals surface area (Å²) in [6.45, 7) is 4.30. The molecular formula is C69H79ClN12O11. The Balaban J connectivity index is 1.13. The molecular weight excluding hydrogens is 1210 g/mol. The van der Waals surface area contributed by atoms with E-state index in [1.54, 1.807) is 72.9 Å². The largest absolute Gasteiger partial charge is 0.508 e. The van der Waals surface area contributed by atoms with Gasteiger partial charge in [-0.1, -0.05) is 104 Å². The Hall–Kier alpha value is -10.1.